The quantitative estimate of drug-likeness (QED) is 0.273. The molecule has 1 aliphatic rings. The SMILES string of the molecule is Cc1cccc2c3c(n(-c4cc5ccccc5c[n+]4C)c12)C(C)(C)c1ccccc1S3. The minimum absolute atomic E-state index is 0.110. The summed E-state index contributed by atoms with van der Waals surface area (Å²) in [6, 6.07) is 26.5. The van der Waals surface area contributed by atoms with Crippen LogP contribution in [0, 0.1) is 6.92 Å². The zero-order valence-corrected chi connectivity index (χ0v) is 19.1. The maximum Gasteiger partial charge on any atom is 0.287 e. The number of nitrogens with zero attached hydrogens (tertiary/aromatic N) is 2. The van der Waals surface area contributed by atoms with Gasteiger partial charge in [0.15, 0.2) is 0 Å². The molecular weight excluding hydrogens is 396 g/mol. The van der Waals surface area contributed by atoms with Gasteiger partial charge in [-0.2, -0.15) is 4.57 Å². The van der Waals surface area contributed by atoms with Crippen molar-refractivity contribution in [3.05, 3.63) is 95.8 Å². The molecule has 3 heteroatoms. The second-order valence-electron chi connectivity index (χ2n) is 9.08. The molecule has 3 aromatic carbocycles. The van der Waals surface area contributed by atoms with E-state index in [1.54, 1.807) is 0 Å². The van der Waals surface area contributed by atoms with Crippen LogP contribution in [0.2, 0.25) is 0 Å². The Balaban J connectivity index is 1.78. The Hall–Kier alpha value is -3.04. The summed E-state index contributed by atoms with van der Waals surface area (Å²) >= 11 is 1.92. The van der Waals surface area contributed by atoms with E-state index < -0.39 is 0 Å². The predicted octanol–water partition coefficient (Wildman–Crippen LogP) is 6.71. The standard InChI is InChI=1S/C28H25N2S/c1-18-10-9-13-21-25(18)30(24-16-19-11-5-6-12-20(19)17-29(24)4)27-26(21)31-23-15-8-7-14-22(23)28(27,2)3/h5-17H,1-4H3/q+1. The third-order valence-corrected chi connectivity index (χ3v) is 7.91. The van der Waals surface area contributed by atoms with Crippen molar-refractivity contribution in [1.82, 2.24) is 4.57 Å². The highest BCUT2D eigenvalue weighted by molar-refractivity contribution is 7.99. The van der Waals surface area contributed by atoms with Gasteiger partial charge in [-0.15, -0.1) is 0 Å². The summed E-state index contributed by atoms with van der Waals surface area (Å²) in [5.41, 5.74) is 5.29. The van der Waals surface area contributed by atoms with Gasteiger partial charge in [0, 0.05) is 21.7 Å². The molecule has 1 aliphatic heterocycles. The van der Waals surface area contributed by atoms with Gasteiger partial charge in [0.25, 0.3) is 5.82 Å². The Bertz CT molecular complexity index is 1510. The molecular formula is C28H25N2S+. The van der Waals surface area contributed by atoms with E-state index in [2.05, 4.69) is 116 Å². The van der Waals surface area contributed by atoms with Crippen molar-refractivity contribution in [3.8, 4) is 5.82 Å². The highest BCUT2D eigenvalue weighted by Crippen LogP contribution is 2.53. The van der Waals surface area contributed by atoms with E-state index in [-0.39, 0.29) is 5.41 Å². The molecule has 152 valence electrons. The number of rotatable bonds is 1. The second kappa shape index (κ2) is 6.48. The van der Waals surface area contributed by atoms with E-state index in [0.29, 0.717) is 0 Å². The van der Waals surface area contributed by atoms with Crippen LogP contribution >= 0.6 is 11.8 Å². The average molecular weight is 422 g/mol. The van der Waals surface area contributed by atoms with E-state index in [1.807, 2.05) is 11.8 Å². The molecule has 0 saturated carbocycles. The lowest BCUT2D eigenvalue weighted by Gasteiger charge is -2.31. The molecule has 0 fully saturated rings. The molecule has 6 rings (SSSR count). The van der Waals surface area contributed by atoms with E-state index in [0.717, 1.165) is 0 Å². The van der Waals surface area contributed by atoms with Crippen LogP contribution in [0.3, 0.4) is 0 Å². The van der Waals surface area contributed by atoms with Crippen LogP contribution in [-0.4, -0.2) is 4.57 Å². The summed E-state index contributed by atoms with van der Waals surface area (Å²) in [6.45, 7) is 6.97. The lowest BCUT2D eigenvalue weighted by Crippen LogP contribution is -2.36. The van der Waals surface area contributed by atoms with Crippen LogP contribution in [0.25, 0.3) is 27.5 Å². The smallest absolute Gasteiger partial charge is 0.236 e. The Labute approximate surface area is 187 Å². The average Bonchev–Trinajstić information content (AvgIpc) is 3.10. The molecule has 0 radical (unpaired) electrons. The fourth-order valence-electron chi connectivity index (χ4n) is 5.18. The van der Waals surface area contributed by atoms with Crippen molar-refractivity contribution in [2.45, 2.75) is 36.0 Å². The van der Waals surface area contributed by atoms with Crippen molar-refractivity contribution in [2.24, 2.45) is 7.05 Å². The van der Waals surface area contributed by atoms with E-state index in [1.165, 1.54) is 54.1 Å². The number of benzene rings is 3. The number of aryl methyl sites for hydroxylation is 2. The van der Waals surface area contributed by atoms with Gasteiger partial charge < -0.3 is 0 Å². The summed E-state index contributed by atoms with van der Waals surface area (Å²) in [4.78, 5) is 2.75. The van der Waals surface area contributed by atoms with Gasteiger partial charge >= 0.3 is 0 Å². The molecule has 0 bridgehead atoms. The molecule has 0 saturated heterocycles. The largest absolute Gasteiger partial charge is 0.287 e. The minimum atomic E-state index is -0.110. The Morgan fingerprint density at radius 2 is 1.61 bits per heavy atom. The number of hydrogen-bond donors (Lipinski definition) is 0. The third kappa shape index (κ3) is 2.56. The molecule has 5 aromatic rings. The number of fused-ring (bicyclic) bond motifs is 5. The van der Waals surface area contributed by atoms with Gasteiger partial charge in [-0.25, -0.2) is 4.57 Å². The molecule has 31 heavy (non-hydrogen) atoms. The van der Waals surface area contributed by atoms with Gasteiger partial charge in [-0.3, -0.25) is 0 Å². The Kier molecular flexibility index (Phi) is 3.91. The molecule has 0 N–H and O–H groups in total. The van der Waals surface area contributed by atoms with E-state index >= 15 is 0 Å². The maximum absolute atomic E-state index is 2.52. The monoisotopic (exact) mass is 421 g/mol. The van der Waals surface area contributed by atoms with Gasteiger partial charge in [-0.05, 0) is 49.4 Å². The van der Waals surface area contributed by atoms with Gasteiger partial charge in [-0.1, -0.05) is 66.4 Å². The number of aromatic nitrogens is 2. The van der Waals surface area contributed by atoms with Gasteiger partial charge in [0.05, 0.1) is 23.6 Å². The van der Waals surface area contributed by atoms with E-state index in [9.17, 15) is 0 Å². The van der Waals surface area contributed by atoms with Crippen LogP contribution in [0.5, 0.6) is 0 Å². The normalized spacial score (nSPS) is 14.6. The summed E-state index contributed by atoms with van der Waals surface area (Å²) in [5.74, 6) is 1.20. The zero-order valence-electron chi connectivity index (χ0n) is 18.3. The minimum Gasteiger partial charge on any atom is -0.236 e. The summed E-state index contributed by atoms with van der Waals surface area (Å²) in [6.07, 6.45) is 2.25. The fraction of sp³-hybridized carbons (Fsp3) is 0.179. The second-order valence-corrected chi connectivity index (χ2v) is 10.1. The highest BCUT2D eigenvalue weighted by atomic mass is 32.2. The first-order valence-electron chi connectivity index (χ1n) is 10.8. The molecule has 0 spiro atoms. The molecule has 3 heterocycles. The first kappa shape index (κ1) is 18.7. The lowest BCUT2D eigenvalue weighted by atomic mass is 9.80. The molecule has 0 aliphatic carbocycles. The number of hydrogen-bond acceptors (Lipinski definition) is 1. The summed E-state index contributed by atoms with van der Waals surface area (Å²) in [5, 5.41) is 3.87. The molecule has 0 atom stereocenters. The fourth-order valence-corrected chi connectivity index (χ4v) is 6.70. The van der Waals surface area contributed by atoms with Gasteiger partial charge in [0.1, 0.15) is 11.2 Å². The van der Waals surface area contributed by atoms with Crippen molar-refractivity contribution in [1.29, 1.82) is 0 Å². The van der Waals surface area contributed by atoms with Crippen molar-refractivity contribution in [3.63, 3.8) is 0 Å². The predicted molar refractivity (Wildman–Crippen MR) is 129 cm³/mol. The van der Waals surface area contributed by atoms with Crippen molar-refractivity contribution in [2.75, 3.05) is 0 Å². The topological polar surface area (TPSA) is 8.81 Å². The van der Waals surface area contributed by atoms with E-state index in [4.69, 9.17) is 0 Å². The van der Waals surface area contributed by atoms with Crippen molar-refractivity contribution < 1.29 is 4.57 Å². The molecule has 2 aromatic heterocycles. The summed E-state index contributed by atoms with van der Waals surface area (Å²) in [7, 11) is 2.16. The summed E-state index contributed by atoms with van der Waals surface area (Å²) < 4.78 is 4.80. The van der Waals surface area contributed by atoms with Crippen LogP contribution in [-0.2, 0) is 12.5 Å². The van der Waals surface area contributed by atoms with Crippen molar-refractivity contribution >= 4 is 33.4 Å². The first-order valence-corrected chi connectivity index (χ1v) is 11.6. The lowest BCUT2D eigenvalue weighted by molar-refractivity contribution is -0.664. The Morgan fingerprint density at radius 1 is 0.871 bits per heavy atom. The molecule has 0 amide bonds. The number of pyridine rings is 1. The first-order chi connectivity index (χ1) is 15.0. The Morgan fingerprint density at radius 3 is 2.45 bits per heavy atom. The van der Waals surface area contributed by atoms with Crippen LogP contribution in [0.15, 0.2) is 88.8 Å². The van der Waals surface area contributed by atoms with Crippen LogP contribution < -0.4 is 4.57 Å². The third-order valence-electron chi connectivity index (χ3n) is 6.71. The van der Waals surface area contributed by atoms with Gasteiger partial charge in [0.2, 0.25) is 0 Å². The molecule has 2 nitrogen and oxygen atoms in total. The zero-order chi connectivity index (χ0) is 21.3. The highest BCUT2D eigenvalue weighted by Gasteiger charge is 2.42. The number of para-hydroxylation sites is 1. The van der Waals surface area contributed by atoms with Crippen LogP contribution in [0.4, 0.5) is 0 Å². The maximum atomic E-state index is 2.52. The van der Waals surface area contributed by atoms with Crippen LogP contribution in [0.1, 0.15) is 30.7 Å². The molecule has 0 unspecified atom stereocenters.